The molecule has 0 spiro atoms. The van der Waals surface area contributed by atoms with Crippen molar-refractivity contribution >= 4 is 5.84 Å². The van der Waals surface area contributed by atoms with Gasteiger partial charge in [0.1, 0.15) is 18.5 Å². The lowest BCUT2D eigenvalue weighted by Crippen LogP contribution is -2.30. The second kappa shape index (κ2) is 7.83. The molecule has 0 bridgehead atoms. The summed E-state index contributed by atoms with van der Waals surface area (Å²) in [6, 6.07) is 21.4. The number of hydrogen-bond acceptors (Lipinski definition) is 3. The number of nitrogens with zero attached hydrogens (tertiary/aromatic N) is 1. The van der Waals surface area contributed by atoms with Crippen molar-refractivity contribution in [3.8, 4) is 0 Å². The van der Waals surface area contributed by atoms with Gasteiger partial charge in [-0.25, -0.2) is 0 Å². The molecule has 1 fully saturated rings. The largest absolute Gasteiger partial charge is 0.370 e. The van der Waals surface area contributed by atoms with Gasteiger partial charge in [0.05, 0.1) is 12.1 Å². The zero-order valence-electron chi connectivity index (χ0n) is 14.6. The molecule has 130 valence electrons. The molecule has 2 atom stereocenters. The highest BCUT2D eigenvalue weighted by atomic mass is 16.5. The van der Waals surface area contributed by atoms with Crippen molar-refractivity contribution < 1.29 is 4.74 Å². The summed E-state index contributed by atoms with van der Waals surface area (Å²) in [5.41, 5.74) is 2.52. The van der Waals surface area contributed by atoms with Gasteiger partial charge in [0.25, 0.3) is 0 Å². The summed E-state index contributed by atoms with van der Waals surface area (Å²) in [7, 11) is 0. The Bertz CT molecular complexity index is 692. The fourth-order valence-corrected chi connectivity index (χ4v) is 3.89. The minimum absolute atomic E-state index is 0.105. The van der Waals surface area contributed by atoms with Crippen molar-refractivity contribution in [2.75, 3.05) is 6.61 Å². The normalized spacial score (nSPS) is 23.9. The standard InChI is InChI=1S/C22H26N2O/c1-4-10-17(11-5-1)21-22(18-12-6-2-7-13-18)24-20(23-21)16-25-19-14-8-3-9-15-19/h1-2,4-7,10-13,19,21-22H,3,8-9,14-16H2,(H,23,24)/t21-,22+. The quantitative estimate of drug-likeness (QED) is 0.850. The van der Waals surface area contributed by atoms with Crippen molar-refractivity contribution in [2.24, 2.45) is 4.99 Å². The van der Waals surface area contributed by atoms with Crippen molar-refractivity contribution in [3.05, 3.63) is 71.8 Å². The Kier molecular flexibility index (Phi) is 5.12. The van der Waals surface area contributed by atoms with Crippen molar-refractivity contribution in [3.63, 3.8) is 0 Å². The van der Waals surface area contributed by atoms with Crippen LogP contribution in [0.4, 0.5) is 0 Å². The summed E-state index contributed by atoms with van der Waals surface area (Å²) in [4.78, 5) is 4.98. The van der Waals surface area contributed by atoms with Crippen LogP contribution in [0.3, 0.4) is 0 Å². The number of hydrogen-bond donors (Lipinski definition) is 1. The third kappa shape index (κ3) is 3.93. The monoisotopic (exact) mass is 334 g/mol. The van der Waals surface area contributed by atoms with Gasteiger partial charge in [-0.3, -0.25) is 4.99 Å². The van der Waals surface area contributed by atoms with E-state index in [1.807, 2.05) is 0 Å². The van der Waals surface area contributed by atoms with Crippen LogP contribution in [0.15, 0.2) is 65.7 Å². The van der Waals surface area contributed by atoms with E-state index in [4.69, 9.17) is 9.73 Å². The van der Waals surface area contributed by atoms with E-state index in [1.165, 1.54) is 43.2 Å². The molecule has 0 saturated heterocycles. The molecule has 1 aliphatic carbocycles. The zero-order chi connectivity index (χ0) is 16.9. The Morgan fingerprint density at radius 1 is 0.840 bits per heavy atom. The van der Waals surface area contributed by atoms with Crippen LogP contribution in [0.5, 0.6) is 0 Å². The maximum absolute atomic E-state index is 6.14. The molecule has 1 heterocycles. The number of amidine groups is 1. The second-order valence-corrected chi connectivity index (χ2v) is 7.04. The van der Waals surface area contributed by atoms with Gasteiger partial charge in [-0.2, -0.15) is 0 Å². The number of ether oxygens (including phenoxy) is 1. The minimum Gasteiger partial charge on any atom is -0.370 e. The van der Waals surface area contributed by atoms with Crippen molar-refractivity contribution in [1.82, 2.24) is 5.32 Å². The van der Waals surface area contributed by atoms with Crippen LogP contribution >= 0.6 is 0 Å². The molecule has 2 aromatic carbocycles. The second-order valence-electron chi connectivity index (χ2n) is 7.04. The number of aliphatic imine (C=N–C) groups is 1. The van der Waals surface area contributed by atoms with Gasteiger partial charge >= 0.3 is 0 Å². The van der Waals surface area contributed by atoms with E-state index in [1.54, 1.807) is 0 Å². The van der Waals surface area contributed by atoms with E-state index in [-0.39, 0.29) is 12.1 Å². The average Bonchev–Trinajstić information content (AvgIpc) is 3.13. The minimum atomic E-state index is 0.105. The molecule has 1 saturated carbocycles. The van der Waals surface area contributed by atoms with Gasteiger partial charge in [-0.15, -0.1) is 0 Å². The summed E-state index contributed by atoms with van der Waals surface area (Å²) >= 11 is 0. The van der Waals surface area contributed by atoms with E-state index in [9.17, 15) is 0 Å². The molecule has 1 N–H and O–H groups in total. The number of benzene rings is 2. The van der Waals surface area contributed by atoms with Crippen LogP contribution < -0.4 is 5.32 Å². The van der Waals surface area contributed by atoms with E-state index in [2.05, 4.69) is 66.0 Å². The van der Waals surface area contributed by atoms with Gasteiger partial charge in [-0.1, -0.05) is 79.9 Å². The Balaban J connectivity index is 1.50. The van der Waals surface area contributed by atoms with Gasteiger partial charge in [0.15, 0.2) is 0 Å². The van der Waals surface area contributed by atoms with E-state index in [0.717, 1.165) is 5.84 Å². The predicted molar refractivity (Wildman–Crippen MR) is 102 cm³/mol. The van der Waals surface area contributed by atoms with Crippen molar-refractivity contribution in [2.45, 2.75) is 50.3 Å². The summed E-state index contributed by atoms with van der Waals surface area (Å²) in [5, 5.41) is 3.62. The van der Waals surface area contributed by atoms with E-state index in [0.29, 0.717) is 12.7 Å². The van der Waals surface area contributed by atoms with Gasteiger partial charge in [-0.05, 0) is 24.0 Å². The molecule has 25 heavy (non-hydrogen) atoms. The van der Waals surface area contributed by atoms with Crippen LogP contribution in [0.1, 0.15) is 55.3 Å². The number of rotatable bonds is 5. The van der Waals surface area contributed by atoms with Crippen molar-refractivity contribution in [1.29, 1.82) is 0 Å². The third-order valence-corrected chi connectivity index (χ3v) is 5.24. The molecule has 2 aliphatic rings. The fourth-order valence-electron chi connectivity index (χ4n) is 3.89. The first kappa shape index (κ1) is 16.3. The van der Waals surface area contributed by atoms with Crippen LogP contribution in [-0.2, 0) is 4.74 Å². The molecule has 3 nitrogen and oxygen atoms in total. The first-order valence-corrected chi connectivity index (χ1v) is 9.45. The maximum Gasteiger partial charge on any atom is 0.124 e. The van der Waals surface area contributed by atoms with Gasteiger partial charge in [0, 0.05) is 0 Å². The van der Waals surface area contributed by atoms with Crippen LogP contribution in [0, 0.1) is 0 Å². The van der Waals surface area contributed by atoms with E-state index >= 15 is 0 Å². The Morgan fingerprint density at radius 3 is 2.16 bits per heavy atom. The summed E-state index contributed by atoms with van der Waals surface area (Å²) in [5.74, 6) is 0.980. The SMILES string of the molecule is c1ccc([C@H]2N=C(COC3CCCCC3)N[C@H]2c2ccccc2)cc1. The summed E-state index contributed by atoms with van der Waals surface area (Å²) in [6.07, 6.45) is 6.73. The Labute approximate surface area is 150 Å². The lowest BCUT2D eigenvalue weighted by molar-refractivity contribution is 0.0519. The smallest absolute Gasteiger partial charge is 0.124 e. The average molecular weight is 334 g/mol. The van der Waals surface area contributed by atoms with Crippen LogP contribution in [0.25, 0.3) is 0 Å². The molecular weight excluding hydrogens is 308 g/mol. The predicted octanol–water partition coefficient (Wildman–Crippen LogP) is 4.82. The molecular formula is C22H26N2O. The highest BCUT2D eigenvalue weighted by Crippen LogP contribution is 2.36. The third-order valence-electron chi connectivity index (χ3n) is 5.24. The first-order valence-electron chi connectivity index (χ1n) is 9.45. The fraction of sp³-hybridized carbons (Fsp3) is 0.409. The highest BCUT2D eigenvalue weighted by Gasteiger charge is 2.31. The van der Waals surface area contributed by atoms with Crippen LogP contribution in [0.2, 0.25) is 0 Å². The molecule has 4 rings (SSSR count). The Morgan fingerprint density at radius 2 is 1.48 bits per heavy atom. The molecule has 1 aliphatic heterocycles. The summed E-state index contributed by atoms with van der Waals surface area (Å²) < 4.78 is 6.14. The van der Waals surface area contributed by atoms with Crippen LogP contribution in [-0.4, -0.2) is 18.5 Å². The number of nitrogens with one attached hydrogen (secondary N) is 1. The molecule has 3 heteroatoms. The maximum atomic E-state index is 6.14. The van der Waals surface area contributed by atoms with Gasteiger partial charge in [0.2, 0.25) is 0 Å². The summed E-state index contributed by atoms with van der Waals surface area (Å²) in [6.45, 7) is 0.595. The lowest BCUT2D eigenvalue weighted by atomic mass is 9.95. The molecule has 0 radical (unpaired) electrons. The zero-order valence-corrected chi connectivity index (χ0v) is 14.6. The molecule has 0 amide bonds. The van der Waals surface area contributed by atoms with E-state index < -0.39 is 0 Å². The highest BCUT2D eigenvalue weighted by molar-refractivity contribution is 5.86. The molecule has 0 aromatic heterocycles. The molecule has 0 unspecified atom stereocenters. The van der Waals surface area contributed by atoms with Gasteiger partial charge < -0.3 is 10.1 Å². The first-order chi connectivity index (χ1) is 12.4. The topological polar surface area (TPSA) is 33.6 Å². The Hall–Kier alpha value is -2.13. The molecule has 2 aromatic rings. The lowest BCUT2D eigenvalue weighted by Gasteiger charge is -2.22.